The Kier molecular flexibility index (Phi) is 7.18. The van der Waals surface area contributed by atoms with E-state index in [1.165, 1.54) is 18.4 Å². The van der Waals surface area contributed by atoms with E-state index >= 15 is 0 Å². The highest BCUT2D eigenvalue weighted by molar-refractivity contribution is 7.13. The maximum Gasteiger partial charge on any atom is 0.311 e. The van der Waals surface area contributed by atoms with Gasteiger partial charge in [0.1, 0.15) is 6.61 Å². The summed E-state index contributed by atoms with van der Waals surface area (Å²) in [5, 5.41) is 6.60. The van der Waals surface area contributed by atoms with Crippen LogP contribution in [0.3, 0.4) is 0 Å². The van der Waals surface area contributed by atoms with Gasteiger partial charge in [0.2, 0.25) is 5.13 Å². The normalized spacial score (nSPS) is 10.7. The molecule has 0 radical (unpaired) electrons. The molecule has 3 aromatic rings. The van der Waals surface area contributed by atoms with E-state index in [2.05, 4.69) is 20.2 Å². The zero-order chi connectivity index (χ0) is 20.5. The molecule has 0 aliphatic carbocycles. The van der Waals surface area contributed by atoms with Gasteiger partial charge < -0.3 is 14.2 Å². The molecule has 2 aromatic carbocycles. The second kappa shape index (κ2) is 10.2. The van der Waals surface area contributed by atoms with Crippen molar-refractivity contribution in [1.82, 2.24) is 4.98 Å². The highest BCUT2D eigenvalue weighted by Crippen LogP contribution is 2.31. The first-order valence-electron chi connectivity index (χ1n) is 8.83. The topological polar surface area (TPSA) is 82.0 Å². The van der Waals surface area contributed by atoms with Crippen LogP contribution in [0.1, 0.15) is 16.8 Å². The fraction of sp³-hybridized carbons (Fsp3) is 0.190. The average Bonchev–Trinajstić information content (AvgIpc) is 3.20. The van der Waals surface area contributed by atoms with E-state index in [1.54, 1.807) is 18.7 Å². The zero-order valence-electron chi connectivity index (χ0n) is 16.1. The van der Waals surface area contributed by atoms with E-state index < -0.39 is 0 Å². The molecule has 0 aliphatic rings. The largest absolute Gasteiger partial charge is 0.493 e. The molecule has 0 saturated carbocycles. The van der Waals surface area contributed by atoms with Gasteiger partial charge in [-0.2, -0.15) is 5.10 Å². The molecule has 0 aliphatic heterocycles. The highest BCUT2D eigenvalue weighted by atomic mass is 32.1. The summed E-state index contributed by atoms with van der Waals surface area (Å²) in [6, 6.07) is 15.5. The Balaban J connectivity index is 1.69. The number of aromatic nitrogens is 1. The quantitative estimate of drug-likeness (QED) is 0.327. The van der Waals surface area contributed by atoms with Crippen LogP contribution in [0.4, 0.5) is 5.13 Å². The summed E-state index contributed by atoms with van der Waals surface area (Å²) in [5.74, 6) is 0.899. The van der Waals surface area contributed by atoms with Crippen molar-refractivity contribution < 1.29 is 19.0 Å². The van der Waals surface area contributed by atoms with Crippen molar-refractivity contribution in [1.29, 1.82) is 0 Å². The van der Waals surface area contributed by atoms with Gasteiger partial charge in [0.15, 0.2) is 11.5 Å². The van der Waals surface area contributed by atoms with Crippen molar-refractivity contribution >= 4 is 28.7 Å². The standard InChI is InChI=1S/C21H21N3O4S/c1-26-18-10-6-9-16(20(18)28-13-15-7-4-3-5-8-15)12-22-24-21-23-17(14-29-21)11-19(25)27-2/h3-10,12,14H,11,13H2,1-2H3,(H,23,24)/b22-12-. The molecule has 0 spiro atoms. The molecule has 7 nitrogen and oxygen atoms in total. The number of hydrogen-bond donors (Lipinski definition) is 1. The minimum absolute atomic E-state index is 0.131. The first-order chi connectivity index (χ1) is 14.2. The number of nitrogens with one attached hydrogen (secondary N) is 1. The van der Waals surface area contributed by atoms with Crippen molar-refractivity contribution in [3.8, 4) is 11.5 Å². The molecule has 150 valence electrons. The summed E-state index contributed by atoms with van der Waals surface area (Å²) in [6.45, 7) is 0.416. The number of rotatable bonds is 9. The van der Waals surface area contributed by atoms with E-state index in [1.807, 2.05) is 48.5 Å². The third-order valence-electron chi connectivity index (χ3n) is 3.92. The van der Waals surface area contributed by atoms with Crippen LogP contribution < -0.4 is 14.9 Å². The lowest BCUT2D eigenvalue weighted by Crippen LogP contribution is -2.04. The van der Waals surface area contributed by atoms with Crippen LogP contribution in [0, 0.1) is 0 Å². The Morgan fingerprint density at radius 2 is 2.00 bits per heavy atom. The van der Waals surface area contributed by atoms with E-state index in [4.69, 9.17) is 9.47 Å². The number of thiazole rings is 1. The Morgan fingerprint density at radius 3 is 2.76 bits per heavy atom. The molecule has 0 bridgehead atoms. The molecule has 0 amide bonds. The number of carbonyl (C=O) groups is 1. The van der Waals surface area contributed by atoms with Gasteiger partial charge in [0.25, 0.3) is 0 Å². The number of carbonyl (C=O) groups excluding carboxylic acids is 1. The predicted octanol–water partition coefficient (Wildman–Crippen LogP) is 3.89. The van der Waals surface area contributed by atoms with Crippen LogP contribution >= 0.6 is 11.3 Å². The van der Waals surface area contributed by atoms with Crippen molar-refractivity contribution in [3.63, 3.8) is 0 Å². The smallest absolute Gasteiger partial charge is 0.311 e. The number of anilines is 1. The summed E-state index contributed by atoms with van der Waals surface area (Å²) in [6.07, 6.45) is 1.77. The van der Waals surface area contributed by atoms with E-state index in [0.717, 1.165) is 11.1 Å². The molecule has 0 atom stereocenters. The van der Waals surface area contributed by atoms with Gasteiger partial charge >= 0.3 is 5.97 Å². The van der Waals surface area contributed by atoms with Gasteiger partial charge in [-0.3, -0.25) is 10.2 Å². The molecule has 1 heterocycles. The first kappa shape index (κ1) is 20.3. The Morgan fingerprint density at radius 1 is 1.17 bits per heavy atom. The molecule has 3 rings (SSSR count). The molecular weight excluding hydrogens is 390 g/mol. The van der Waals surface area contributed by atoms with Gasteiger partial charge in [0, 0.05) is 10.9 Å². The van der Waals surface area contributed by atoms with Crippen LogP contribution in [0.2, 0.25) is 0 Å². The molecule has 0 saturated heterocycles. The fourth-order valence-corrected chi connectivity index (χ4v) is 3.16. The summed E-state index contributed by atoms with van der Waals surface area (Å²) < 4.78 is 16.1. The predicted molar refractivity (Wildman–Crippen MR) is 113 cm³/mol. The lowest BCUT2D eigenvalue weighted by Gasteiger charge is -2.13. The van der Waals surface area contributed by atoms with Gasteiger partial charge in [-0.05, 0) is 17.7 Å². The van der Waals surface area contributed by atoms with Crippen molar-refractivity contribution in [2.24, 2.45) is 5.10 Å². The molecule has 1 N–H and O–H groups in total. The Bertz CT molecular complexity index is 973. The second-order valence-corrected chi connectivity index (χ2v) is 6.78. The highest BCUT2D eigenvalue weighted by Gasteiger charge is 2.10. The van der Waals surface area contributed by atoms with Crippen LogP contribution in [0.25, 0.3) is 0 Å². The summed E-state index contributed by atoms with van der Waals surface area (Å²) in [7, 11) is 2.95. The van der Waals surface area contributed by atoms with Gasteiger partial charge in [0.05, 0.1) is 32.5 Å². The molecule has 8 heteroatoms. The third kappa shape index (κ3) is 5.79. The Labute approximate surface area is 173 Å². The summed E-state index contributed by atoms with van der Waals surface area (Å²) in [4.78, 5) is 15.6. The number of ether oxygens (including phenoxy) is 3. The minimum Gasteiger partial charge on any atom is -0.493 e. The van der Waals surface area contributed by atoms with Crippen LogP contribution in [-0.2, 0) is 22.6 Å². The van der Waals surface area contributed by atoms with Gasteiger partial charge in [-0.1, -0.05) is 36.4 Å². The van der Waals surface area contributed by atoms with Crippen molar-refractivity contribution in [3.05, 3.63) is 70.7 Å². The number of esters is 1. The first-order valence-corrected chi connectivity index (χ1v) is 9.71. The average molecular weight is 411 g/mol. The minimum atomic E-state index is -0.332. The lowest BCUT2D eigenvalue weighted by atomic mass is 10.2. The monoisotopic (exact) mass is 411 g/mol. The SMILES string of the molecule is COC(=O)Cc1csc(N/N=C\c2cccc(OC)c2OCc2ccccc2)n1. The third-order valence-corrected chi connectivity index (χ3v) is 4.72. The molecule has 0 fully saturated rings. The number of hydrogen-bond acceptors (Lipinski definition) is 8. The number of benzene rings is 2. The summed E-state index contributed by atoms with van der Waals surface area (Å²) >= 11 is 1.36. The van der Waals surface area contributed by atoms with E-state index in [0.29, 0.717) is 28.9 Å². The van der Waals surface area contributed by atoms with Gasteiger partial charge in [-0.25, -0.2) is 4.98 Å². The maximum atomic E-state index is 11.3. The molecule has 29 heavy (non-hydrogen) atoms. The van der Waals surface area contributed by atoms with Crippen molar-refractivity contribution in [2.75, 3.05) is 19.6 Å². The fourth-order valence-electron chi connectivity index (χ4n) is 2.50. The number of hydrazone groups is 1. The van der Waals surface area contributed by atoms with E-state index in [9.17, 15) is 4.79 Å². The van der Waals surface area contributed by atoms with Crippen LogP contribution in [-0.4, -0.2) is 31.4 Å². The van der Waals surface area contributed by atoms with E-state index in [-0.39, 0.29) is 12.4 Å². The molecular formula is C21H21N3O4S. The van der Waals surface area contributed by atoms with Crippen LogP contribution in [0.15, 0.2) is 59.0 Å². The number of nitrogens with zero attached hydrogens (tertiary/aromatic N) is 2. The van der Waals surface area contributed by atoms with Gasteiger partial charge in [-0.15, -0.1) is 11.3 Å². The lowest BCUT2D eigenvalue weighted by molar-refractivity contribution is -0.139. The molecule has 0 unspecified atom stereocenters. The second-order valence-electron chi connectivity index (χ2n) is 5.92. The Hall–Kier alpha value is -3.39. The van der Waals surface area contributed by atoms with Crippen LogP contribution in [0.5, 0.6) is 11.5 Å². The number of para-hydroxylation sites is 1. The molecule has 1 aromatic heterocycles. The van der Waals surface area contributed by atoms with Crippen molar-refractivity contribution in [2.45, 2.75) is 13.0 Å². The summed E-state index contributed by atoms with van der Waals surface area (Å²) in [5.41, 5.74) is 5.32. The maximum absolute atomic E-state index is 11.3. The number of methoxy groups -OCH3 is 2. The zero-order valence-corrected chi connectivity index (χ0v) is 16.9.